The quantitative estimate of drug-likeness (QED) is 0.777. The fourth-order valence-electron chi connectivity index (χ4n) is 2.33. The first-order valence-electron chi connectivity index (χ1n) is 7.03. The Morgan fingerprint density at radius 1 is 1.30 bits per heavy atom. The van der Waals surface area contributed by atoms with Crippen molar-refractivity contribution >= 4 is 5.97 Å². The van der Waals surface area contributed by atoms with Gasteiger partial charge in [-0.05, 0) is 25.8 Å². The van der Waals surface area contributed by atoms with Crippen LogP contribution >= 0.6 is 0 Å². The molecule has 1 aromatic carbocycles. The summed E-state index contributed by atoms with van der Waals surface area (Å²) < 4.78 is 17.1. The molecule has 0 bridgehead atoms. The summed E-state index contributed by atoms with van der Waals surface area (Å²) in [6.07, 6.45) is 1.20. The first-order valence-corrected chi connectivity index (χ1v) is 7.03. The number of esters is 1. The highest BCUT2D eigenvalue weighted by atomic mass is 16.8. The third kappa shape index (κ3) is 3.38. The smallest absolute Gasteiger partial charge is 0.305 e. The van der Waals surface area contributed by atoms with Gasteiger partial charge in [-0.15, -0.1) is 0 Å². The molecule has 0 saturated carbocycles. The van der Waals surface area contributed by atoms with Crippen LogP contribution in [0, 0.1) is 0 Å². The van der Waals surface area contributed by atoms with E-state index in [1.165, 1.54) is 0 Å². The number of carbonyl (C=O) groups excluding carboxylic acids is 1. The van der Waals surface area contributed by atoms with Crippen LogP contribution in [0.5, 0.6) is 0 Å². The van der Waals surface area contributed by atoms with Crippen molar-refractivity contribution in [3.8, 4) is 0 Å². The fourth-order valence-corrected chi connectivity index (χ4v) is 2.33. The largest absolute Gasteiger partial charge is 0.462 e. The topological polar surface area (TPSA) is 44.8 Å². The van der Waals surface area contributed by atoms with Gasteiger partial charge in [-0.2, -0.15) is 0 Å². The molecule has 1 aliphatic rings. The van der Waals surface area contributed by atoms with Crippen molar-refractivity contribution in [3.05, 3.63) is 35.9 Å². The molecule has 1 heterocycles. The van der Waals surface area contributed by atoms with E-state index in [2.05, 4.69) is 0 Å². The molecule has 0 radical (unpaired) electrons. The van der Waals surface area contributed by atoms with Crippen molar-refractivity contribution in [2.24, 2.45) is 0 Å². The molecule has 1 fully saturated rings. The first-order chi connectivity index (χ1) is 9.47. The van der Waals surface area contributed by atoms with Crippen molar-refractivity contribution in [1.82, 2.24) is 0 Å². The van der Waals surface area contributed by atoms with Crippen molar-refractivity contribution in [2.75, 3.05) is 13.2 Å². The molecule has 0 aliphatic carbocycles. The van der Waals surface area contributed by atoms with Gasteiger partial charge in [0.1, 0.15) is 6.61 Å². The Balaban J connectivity index is 2.16. The summed E-state index contributed by atoms with van der Waals surface area (Å²) >= 11 is 0. The van der Waals surface area contributed by atoms with E-state index in [-0.39, 0.29) is 12.6 Å². The summed E-state index contributed by atoms with van der Waals surface area (Å²) in [5.41, 5.74) is 0.253. The number of hydrogen-bond donors (Lipinski definition) is 0. The highest BCUT2D eigenvalue weighted by molar-refractivity contribution is 5.69. The summed E-state index contributed by atoms with van der Waals surface area (Å²) in [7, 11) is 0. The van der Waals surface area contributed by atoms with E-state index in [4.69, 9.17) is 14.2 Å². The zero-order chi connectivity index (χ0) is 14.6. The van der Waals surface area contributed by atoms with E-state index >= 15 is 0 Å². The summed E-state index contributed by atoms with van der Waals surface area (Å²) in [5, 5.41) is 0. The summed E-state index contributed by atoms with van der Waals surface area (Å²) in [6.45, 7) is 6.24. The number of rotatable bonds is 5. The van der Waals surface area contributed by atoms with Gasteiger partial charge in [0.05, 0.1) is 6.61 Å². The maximum Gasteiger partial charge on any atom is 0.305 e. The molecule has 4 nitrogen and oxygen atoms in total. The van der Waals surface area contributed by atoms with Crippen LogP contribution in [0.2, 0.25) is 0 Å². The lowest BCUT2D eigenvalue weighted by atomic mass is 9.95. The summed E-state index contributed by atoms with van der Waals surface area (Å²) in [5.74, 6) is -0.872. The Morgan fingerprint density at radius 2 is 2.00 bits per heavy atom. The van der Waals surface area contributed by atoms with Crippen molar-refractivity contribution < 1.29 is 19.0 Å². The zero-order valence-electron chi connectivity index (χ0n) is 12.3. The van der Waals surface area contributed by atoms with E-state index in [9.17, 15) is 4.79 Å². The predicted molar refractivity (Wildman–Crippen MR) is 75.1 cm³/mol. The van der Waals surface area contributed by atoms with E-state index in [1.54, 1.807) is 0 Å². The van der Waals surface area contributed by atoms with Gasteiger partial charge in [0, 0.05) is 6.42 Å². The Morgan fingerprint density at radius 3 is 2.55 bits per heavy atom. The second-order valence-electron chi connectivity index (χ2n) is 5.56. The zero-order valence-corrected chi connectivity index (χ0v) is 12.3. The van der Waals surface area contributed by atoms with E-state index in [1.807, 2.05) is 51.1 Å². The molecule has 0 N–H and O–H groups in total. The lowest BCUT2D eigenvalue weighted by molar-refractivity contribution is -0.182. The summed E-state index contributed by atoms with van der Waals surface area (Å²) in [6, 6.07) is 9.78. The van der Waals surface area contributed by atoms with Gasteiger partial charge in [-0.3, -0.25) is 4.79 Å². The lowest BCUT2D eigenvalue weighted by Crippen LogP contribution is -2.37. The van der Waals surface area contributed by atoms with Gasteiger partial charge in [-0.25, -0.2) is 0 Å². The SMILES string of the molecule is CCCC(=O)OC[C@@]1(c2ccccc2)COC(C)(C)O1. The number of hydrogen-bond acceptors (Lipinski definition) is 4. The van der Waals surface area contributed by atoms with Crippen LogP contribution < -0.4 is 0 Å². The Hall–Kier alpha value is -1.39. The van der Waals surface area contributed by atoms with Crippen LogP contribution in [0.3, 0.4) is 0 Å². The molecule has 0 amide bonds. The second-order valence-corrected chi connectivity index (χ2v) is 5.56. The lowest BCUT2D eigenvalue weighted by Gasteiger charge is -2.29. The Bertz CT molecular complexity index is 455. The van der Waals surface area contributed by atoms with E-state index in [0.717, 1.165) is 12.0 Å². The minimum atomic E-state index is -0.714. The van der Waals surface area contributed by atoms with Gasteiger partial charge in [-0.1, -0.05) is 37.3 Å². The molecule has 20 heavy (non-hydrogen) atoms. The monoisotopic (exact) mass is 278 g/mol. The molecule has 0 aromatic heterocycles. The predicted octanol–water partition coefficient (Wildman–Crippen LogP) is 3.01. The first kappa shape index (κ1) is 15.0. The standard InChI is InChI=1S/C16H22O4/c1-4-8-14(17)18-11-16(12-19-15(2,3)20-16)13-9-6-5-7-10-13/h5-7,9-10H,4,8,11-12H2,1-3H3/t16-/m0/s1. The van der Waals surface area contributed by atoms with E-state index < -0.39 is 11.4 Å². The van der Waals surface area contributed by atoms with Crippen LogP contribution in [0.25, 0.3) is 0 Å². The molecular formula is C16H22O4. The molecule has 1 aromatic rings. The van der Waals surface area contributed by atoms with Crippen molar-refractivity contribution in [3.63, 3.8) is 0 Å². The number of carbonyl (C=O) groups is 1. The van der Waals surface area contributed by atoms with Crippen LogP contribution in [-0.2, 0) is 24.6 Å². The summed E-state index contributed by atoms with van der Waals surface area (Å²) in [4.78, 5) is 11.6. The molecule has 0 unspecified atom stereocenters. The van der Waals surface area contributed by atoms with E-state index in [0.29, 0.717) is 13.0 Å². The Labute approximate surface area is 120 Å². The minimum absolute atomic E-state index is 0.180. The number of ether oxygens (including phenoxy) is 3. The molecule has 4 heteroatoms. The van der Waals surface area contributed by atoms with Crippen LogP contribution in [0.4, 0.5) is 0 Å². The highest BCUT2D eigenvalue weighted by Crippen LogP contribution is 2.39. The molecule has 0 spiro atoms. The van der Waals surface area contributed by atoms with Crippen LogP contribution in [-0.4, -0.2) is 25.0 Å². The second kappa shape index (κ2) is 5.94. The van der Waals surface area contributed by atoms with Gasteiger partial charge in [0.25, 0.3) is 0 Å². The normalized spacial score (nSPS) is 24.6. The van der Waals surface area contributed by atoms with Crippen LogP contribution in [0.1, 0.15) is 39.2 Å². The molecule has 1 atom stereocenters. The highest BCUT2D eigenvalue weighted by Gasteiger charge is 2.47. The minimum Gasteiger partial charge on any atom is -0.462 e. The molecule has 110 valence electrons. The van der Waals surface area contributed by atoms with Gasteiger partial charge >= 0.3 is 5.97 Å². The van der Waals surface area contributed by atoms with Crippen LogP contribution in [0.15, 0.2) is 30.3 Å². The fraction of sp³-hybridized carbons (Fsp3) is 0.562. The third-order valence-corrected chi connectivity index (χ3v) is 3.31. The molecule has 2 rings (SSSR count). The third-order valence-electron chi connectivity index (χ3n) is 3.31. The molecular weight excluding hydrogens is 256 g/mol. The molecule has 1 aliphatic heterocycles. The number of benzene rings is 1. The maximum atomic E-state index is 11.6. The Kier molecular flexibility index (Phi) is 4.45. The maximum absolute atomic E-state index is 11.6. The van der Waals surface area contributed by atoms with Gasteiger partial charge in [0.2, 0.25) is 0 Å². The van der Waals surface area contributed by atoms with Crippen molar-refractivity contribution in [1.29, 1.82) is 0 Å². The molecule has 1 saturated heterocycles. The van der Waals surface area contributed by atoms with Gasteiger partial charge < -0.3 is 14.2 Å². The van der Waals surface area contributed by atoms with Gasteiger partial charge in [0.15, 0.2) is 11.4 Å². The average Bonchev–Trinajstić information content (AvgIpc) is 2.75. The average molecular weight is 278 g/mol. The van der Waals surface area contributed by atoms with Crippen molar-refractivity contribution in [2.45, 2.75) is 45.0 Å².